The Morgan fingerprint density at radius 3 is 2.38 bits per heavy atom. The summed E-state index contributed by atoms with van der Waals surface area (Å²) >= 11 is 6.02. The molecule has 0 unspecified atom stereocenters. The summed E-state index contributed by atoms with van der Waals surface area (Å²) in [6.45, 7) is 1.51. The number of hydrogen-bond acceptors (Lipinski definition) is 5. The lowest BCUT2D eigenvalue weighted by atomic mass is 9.87. The SMILES string of the molecule is Cc1nccc(S(=O)(=O)N2CCC(C3(C(F)(F)F)N=N3)CC2)c1Cl. The number of piperidine rings is 1. The van der Waals surface area contributed by atoms with E-state index in [-0.39, 0.29) is 35.8 Å². The van der Waals surface area contributed by atoms with E-state index in [0.29, 0.717) is 5.69 Å². The van der Waals surface area contributed by atoms with E-state index in [1.165, 1.54) is 12.3 Å². The second kappa shape index (κ2) is 5.63. The fraction of sp³-hybridized carbons (Fsp3) is 0.615. The van der Waals surface area contributed by atoms with E-state index in [2.05, 4.69) is 15.2 Å². The first-order valence-electron chi connectivity index (χ1n) is 7.21. The van der Waals surface area contributed by atoms with Gasteiger partial charge in [0.1, 0.15) is 4.90 Å². The lowest BCUT2D eigenvalue weighted by Gasteiger charge is -2.34. The Balaban J connectivity index is 1.76. The lowest BCUT2D eigenvalue weighted by molar-refractivity contribution is -0.179. The first-order valence-corrected chi connectivity index (χ1v) is 9.03. The van der Waals surface area contributed by atoms with Crippen molar-refractivity contribution in [1.82, 2.24) is 9.29 Å². The molecule has 132 valence electrons. The molecular weight excluding hydrogens is 369 g/mol. The van der Waals surface area contributed by atoms with Gasteiger partial charge in [-0.3, -0.25) is 4.98 Å². The molecule has 1 saturated heterocycles. The topological polar surface area (TPSA) is 75.0 Å². The van der Waals surface area contributed by atoms with Crippen LogP contribution in [0.4, 0.5) is 13.2 Å². The van der Waals surface area contributed by atoms with Gasteiger partial charge in [-0.1, -0.05) is 11.6 Å². The summed E-state index contributed by atoms with van der Waals surface area (Å²) < 4.78 is 65.6. The molecule has 6 nitrogen and oxygen atoms in total. The van der Waals surface area contributed by atoms with Gasteiger partial charge in [-0.15, -0.1) is 10.2 Å². The summed E-state index contributed by atoms with van der Waals surface area (Å²) in [7, 11) is -3.88. The normalized spacial score (nSPS) is 21.9. The van der Waals surface area contributed by atoms with Gasteiger partial charge in [0.15, 0.2) is 0 Å². The minimum atomic E-state index is -4.54. The second-order valence-electron chi connectivity index (χ2n) is 5.81. The van der Waals surface area contributed by atoms with Gasteiger partial charge in [0.25, 0.3) is 5.66 Å². The van der Waals surface area contributed by atoms with E-state index in [0.717, 1.165) is 4.31 Å². The molecule has 3 rings (SSSR count). The molecule has 11 heteroatoms. The summed E-state index contributed by atoms with van der Waals surface area (Å²) in [4.78, 5) is 3.83. The van der Waals surface area contributed by atoms with Crippen LogP contribution in [-0.4, -0.2) is 42.6 Å². The molecule has 1 aromatic heterocycles. The maximum absolute atomic E-state index is 13.0. The summed E-state index contributed by atoms with van der Waals surface area (Å²) in [5, 5.41) is 6.43. The average Bonchev–Trinajstić information content (AvgIpc) is 3.31. The number of hydrogen-bond donors (Lipinski definition) is 0. The zero-order chi connectivity index (χ0) is 17.8. The number of alkyl halides is 3. The zero-order valence-electron chi connectivity index (χ0n) is 12.6. The number of sulfonamides is 1. The van der Waals surface area contributed by atoms with Crippen molar-refractivity contribution in [3.63, 3.8) is 0 Å². The van der Waals surface area contributed by atoms with Gasteiger partial charge in [0.05, 0.1) is 10.7 Å². The summed E-state index contributed by atoms with van der Waals surface area (Å²) in [5.41, 5.74) is -1.97. The summed E-state index contributed by atoms with van der Waals surface area (Å²) in [6, 6.07) is 1.29. The molecular formula is C13H14ClF3N4O2S. The van der Waals surface area contributed by atoms with E-state index < -0.39 is 27.8 Å². The molecule has 0 saturated carbocycles. The van der Waals surface area contributed by atoms with E-state index in [9.17, 15) is 21.6 Å². The lowest BCUT2D eigenvalue weighted by Crippen LogP contribution is -2.47. The minimum Gasteiger partial charge on any atom is -0.260 e. The minimum absolute atomic E-state index is 0.0265. The molecule has 2 aliphatic heterocycles. The third-order valence-corrected chi connectivity index (χ3v) is 6.93. The van der Waals surface area contributed by atoms with Gasteiger partial charge in [0, 0.05) is 25.2 Å². The molecule has 2 aliphatic rings. The Morgan fingerprint density at radius 2 is 1.88 bits per heavy atom. The van der Waals surface area contributed by atoms with Crippen LogP contribution in [0.5, 0.6) is 0 Å². The van der Waals surface area contributed by atoms with Crippen LogP contribution in [0.25, 0.3) is 0 Å². The fourth-order valence-corrected chi connectivity index (χ4v) is 4.90. The Kier molecular flexibility index (Phi) is 4.12. The Hall–Kier alpha value is -1.26. The Bertz CT molecular complexity index is 783. The van der Waals surface area contributed by atoms with E-state index in [1.54, 1.807) is 6.92 Å². The first kappa shape index (κ1) is 17.6. The van der Waals surface area contributed by atoms with Gasteiger partial charge in [-0.05, 0) is 25.8 Å². The van der Waals surface area contributed by atoms with Crippen molar-refractivity contribution < 1.29 is 21.6 Å². The molecule has 0 amide bonds. The quantitative estimate of drug-likeness (QED) is 0.805. The molecule has 0 bridgehead atoms. The van der Waals surface area contributed by atoms with Crippen LogP contribution < -0.4 is 0 Å². The average molecular weight is 383 g/mol. The van der Waals surface area contributed by atoms with E-state index in [4.69, 9.17) is 11.6 Å². The van der Waals surface area contributed by atoms with E-state index >= 15 is 0 Å². The highest BCUT2D eigenvalue weighted by Gasteiger charge is 2.68. The van der Waals surface area contributed by atoms with Crippen LogP contribution in [0, 0.1) is 12.8 Å². The highest BCUT2D eigenvalue weighted by atomic mass is 35.5. The number of aromatic nitrogens is 1. The van der Waals surface area contributed by atoms with Crippen molar-refractivity contribution in [2.24, 2.45) is 16.1 Å². The number of nitrogens with zero attached hydrogens (tertiary/aromatic N) is 4. The van der Waals surface area contributed by atoms with Crippen molar-refractivity contribution >= 4 is 21.6 Å². The highest BCUT2D eigenvalue weighted by Crippen LogP contribution is 2.52. The number of aryl methyl sites for hydroxylation is 1. The van der Waals surface area contributed by atoms with Crippen molar-refractivity contribution in [2.75, 3.05) is 13.1 Å². The van der Waals surface area contributed by atoms with Crippen LogP contribution in [0.1, 0.15) is 18.5 Å². The second-order valence-corrected chi connectivity index (χ2v) is 8.10. The van der Waals surface area contributed by atoms with Crippen molar-refractivity contribution in [3.8, 4) is 0 Å². The summed E-state index contributed by atoms with van der Waals surface area (Å²) in [5.74, 6) is -0.835. The van der Waals surface area contributed by atoms with Crippen molar-refractivity contribution in [2.45, 2.75) is 36.5 Å². The van der Waals surface area contributed by atoms with Gasteiger partial charge in [0.2, 0.25) is 10.0 Å². The molecule has 0 radical (unpaired) electrons. The molecule has 0 N–H and O–H groups in total. The molecule has 0 aliphatic carbocycles. The molecule has 0 spiro atoms. The Morgan fingerprint density at radius 1 is 1.29 bits per heavy atom. The first-order chi connectivity index (χ1) is 11.1. The number of pyridine rings is 1. The highest BCUT2D eigenvalue weighted by molar-refractivity contribution is 7.89. The van der Waals surface area contributed by atoms with Crippen LogP contribution in [0.3, 0.4) is 0 Å². The Labute approximate surface area is 141 Å². The van der Waals surface area contributed by atoms with Crippen LogP contribution in [-0.2, 0) is 10.0 Å². The van der Waals surface area contributed by atoms with Crippen LogP contribution in [0.15, 0.2) is 27.4 Å². The van der Waals surface area contributed by atoms with Crippen LogP contribution in [0.2, 0.25) is 5.02 Å². The predicted molar refractivity (Wildman–Crippen MR) is 79.1 cm³/mol. The monoisotopic (exact) mass is 382 g/mol. The predicted octanol–water partition coefficient (Wildman–Crippen LogP) is 3.17. The number of rotatable bonds is 3. The maximum Gasteiger partial charge on any atom is 0.437 e. The van der Waals surface area contributed by atoms with Gasteiger partial charge in [-0.2, -0.15) is 17.5 Å². The smallest absolute Gasteiger partial charge is 0.260 e. The van der Waals surface area contributed by atoms with Crippen molar-refractivity contribution in [1.29, 1.82) is 0 Å². The zero-order valence-corrected chi connectivity index (χ0v) is 14.2. The molecule has 24 heavy (non-hydrogen) atoms. The third-order valence-electron chi connectivity index (χ3n) is 4.40. The number of halogens is 4. The van der Waals surface area contributed by atoms with Gasteiger partial charge >= 0.3 is 6.18 Å². The van der Waals surface area contributed by atoms with Crippen molar-refractivity contribution in [3.05, 3.63) is 23.0 Å². The molecule has 0 aromatic carbocycles. The van der Waals surface area contributed by atoms with Gasteiger partial charge < -0.3 is 0 Å². The maximum atomic E-state index is 13.0. The third kappa shape index (κ3) is 2.70. The standard InChI is InChI=1S/C13H14ClF3N4O2S/c1-8-11(14)10(2-5-18-8)24(22,23)21-6-3-9(4-7-21)12(19-20-12)13(15,16)17/h2,5,9H,3-4,6-7H2,1H3. The van der Waals surface area contributed by atoms with Gasteiger partial charge in [-0.25, -0.2) is 8.42 Å². The largest absolute Gasteiger partial charge is 0.437 e. The van der Waals surface area contributed by atoms with Crippen LogP contribution >= 0.6 is 11.6 Å². The molecule has 0 atom stereocenters. The fourth-order valence-electron chi connectivity index (χ4n) is 2.92. The molecule has 3 heterocycles. The summed E-state index contributed by atoms with van der Waals surface area (Å²) in [6.07, 6.45) is -3.13. The molecule has 1 fully saturated rings. The molecule has 1 aromatic rings. The van der Waals surface area contributed by atoms with E-state index in [1.807, 2.05) is 0 Å².